The molecule has 1 aromatic heterocycles. The fourth-order valence-corrected chi connectivity index (χ4v) is 2.40. The Morgan fingerprint density at radius 1 is 1.60 bits per heavy atom. The lowest BCUT2D eigenvalue weighted by atomic mass is 10.2. The van der Waals surface area contributed by atoms with Crippen molar-refractivity contribution >= 4 is 17.3 Å². The largest absolute Gasteiger partial charge is 0.477 e. The van der Waals surface area contributed by atoms with E-state index < -0.39 is 5.97 Å². The SMILES string of the molecule is CCCC(N)c1nc(CC)c(C(=O)O)s1. The summed E-state index contributed by atoms with van der Waals surface area (Å²) in [6.07, 6.45) is 2.46. The third kappa shape index (κ3) is 2.76. The summed E-state index contributed by atoms with van der Waals surface area (Å²) in [4.78, 5) is 15.5. The minimum absolute atomic E-state index is 0.126. The number of aromatic carboxylic acids is 1. The van der Waals surface area contributed by atoms with Crippen molar-refractivity contribution in [1.82, 2.24) is 4.98 Å². The van der Waals surface area contributed by atoms with Gasteiger partial charge in [0.15, 0.2) is 0 Å². The lowest BCUT2D eigenvalue weighted by Crippen LogP contribution is -2.09. The third-order valence-corrected chi connectivity index (χ3v) is 3.38. The highest BCUT2D eigenvalue weighted by molar-refractivity contribution is 7.13. The van der Waals surface area contributed by atoms with Gasteiger partial charge in [-0.05, 0) is 12.8 Å². The van der Waals surface area contributed by atoms with Crippen molar-refractivity contribution in [2.75, 3.05) is 0 Å². The number of aromatic nitrogens is 1. The van der Waals surface area contributed by atoms with E-state index in [2.05, 4.69) is 4.98 Å². The molecule has 15 heavy (non-hydrogen) atoms. The van der Waals surface area contributed by atoms with Crippen LogP contribution in [0.2, 0.25) is 0 Å². The van der Waals surface area contributed by atoms with Crippen molar-refractivity contribution in [2.24, 2.45) is 5.73 Å². The molecule has 0 radical (unpaired) electrons. The molecule has 1 unspecified atom stereocenters. The number of rotatable bonds is 5. The number of aryl methyl sites for hydroxylation is 1. The van der Waals surface area contributed by atoms with E-state index in [0.717, 1.165) is 17.8 Å². The summed E-state index contributed by atoms with van der Waals surface area (Å²) in [6, 6.07) is -0.126. The van der Waals surface area contributed by atoms with E-state index in [1.807, 2.05) is 13.8 Å². The molecular weight excluding hydrogens is 212 g/mol. The molecule has 0 spiro atoms. The molecule has 0 aliphatic heterocycles. The molecule has 0 aliphatic rings. The molecule has 1 atom stereocenters. The number of nitrogens with two attached hydrogens (primary N) is 1. The first kappa shape index (κ1) is 12.1. The van der Waals surface area contributed by atoms with Crippen molar-refractivity contribution < 1.29 is 9.90 Å². The normalized spacial score (nSPS) is 12.7. The molecule has 0 aromatic carbocycles. The lowest BCUT2D eigenvalue weighted by Gasteiger charge is -2.04. The zero-order valence-electron chi connectivity index (χ0n) is 8.99. The van der Waals surface area contributed by atoms with Gasteiger partial charge in [-0.25, -0.2) is 9.78 Å². The number of carboxylic acid groups (broad SMARTS) is 1. The van der Waals surface area contributed by atoms with Crippen molar-refractivity contribution in [3.05, 3.63) is 15.6 Å². The van der Waals surface area contributed by atoms with Crippen LogP contribution in [0.1, 0.15) is 53.1 Å². The van der Waals surface area contributed by atoms with E-state index >= 15 is 0 Å². The second-order valence-electron chi connectivity index (χ2n) is 3.38. The summed E-state index contributed by atoms with van der Waals surface area (Å²) in [5, 5.41) is 9.69. The molecule has 0 aliphatic carbocycles. The smallest absolute Gasteiger partial charge is 0.347 e. The molecule has 1 heterocycles. The van der Waals surface area contributed by atoms with Gasteiger partial charge in [-0.15, -0.1) is 11.3 Å². The quantitative estimate of drug-likeness (QED) is 0.810. The van der Waals surface area contributed by atoms with Crippen LogP contribution in [0.5, 0.6) is 0 Å². The number of carboxylic acids is 1. The molecule has 5 heteroatoms. The molecule has 0 fully saturated rings. The maximum Gasteiger partial charge on any atom is 0.347 e. The van der Waals surface area contributed by atoms with Crippen LogP contribution < -0.4 is 5.73 Å². The van der Waals surface area contributed by atoms with Crippen LogP contribution in [-0.2, 0) is 6.42 Å². The predicted octanol–water partition coefficient (Wildman–Crippen LogP) is 2.20. The fraction of sp³-hybridized carbons (Fsp3) is 0.600. The highest BCUT2D eigenvalue weighted by Gasteiger charge is 2.18. The molecule has 3 N–H and O–H groups in total. The van der Waals surface area contributed by atoms with Crippen LogP contribution in [0.15, 0.2) is 0 Å². The summed E-state index contributed by atoms with van der Waals surface area (Å²) < 4.78 is 0. The molecular formula is C10H16N2O2S. The van der Waals surface area contributed by atoms with Gasteiger partial charge >= 0.3 is 5.97 Å². The first-order chi connectivity index (χ1) is 7.10. The van der Waals surface area contributed by atoms with Crippen molar-refractivity contribution in [1.29, 1.82) is 0 Å². The van der Waals surface area contributed by atoms with Gasteiger partial charge in [-0.3, -0.25) is 0 Å². The summed E-state index contributed by atoms with van der Waals surface area (Å²) in [5.41, 5.74) is 6.54. The molecule has 0 saturated carbocycles. The molecule has 0 amide bonds. The van der Waals surface area contributed by atoms with Crippen molar-refractivity contribution in [3.63, 3.8) is 0 Å². The highest BCUT2D eigenvalue weighted by Crippen LogP contribution is 2.25. The Balaban J connectivity index is 2.96. The zero-order valence-corrected chi connectivity index (χ0v) is 9.80. The zero-order chi connectivity index (χ0) is 11.4. The third-order valence-electron chi connectivity index (χ3n) is 2.16. The van der Waals surface area contributed by atoms with Gasteiger partial charge in [-0.2, -0.15) is 0 Å². The van der Waals surface area contributed by atoms with Gasteiger partial charge in [0, 0.05) is 0 Å². The van der Waals surface area contributed by atoms with E-state index in [1.165, 1.54) is 11.3 Å². The summed E-state index contributed by atoms with van der Waals surface area (Å²) in [6.45, 7) is 3.95. The second-order valence-corrected chi connectivity index (χ2v) is 4.41. The minimum Gasteiger partial charge on any atom is -0.477 e. The van der Waals surface area contributed by atoms with Gasteiger partial charge in [0.25, 0.3) is 0 Å². The minimum atomic E-state index is -0.903. The Kier molecular flexibility index (Phi) is 4.23. The number of nitrogens with zero attached hydrogens (tertiary/aromatic N) is 1. The van der Waals surface area contributed by atoms with E-state index in [9.17, 15) is 4.79 Å². The van der Waals surface area contributed by atoms with Crippen LogP contribution in [0.25, 0.3) is 0 Å². The van der Waals surface area contributed by atoms with Gasteiger partial charge in [0.05, 0.1) is 11.7 Å². The Hall–Kier alpha value is -0.940. The van der Waals surface area contributed by atoms with Crippen molar-refractivity contribution in [2.45, 2.75) is 39.2 Å². The average Bonchev–Trinajstić information content (AvgIpc) is 2.61. The van der Waals surface area contributed by atoms with Crippen LogP contribution in [0, 0.1) is 0 Å². The number of carbonyl (C=O) groups is 1. The lowest BCUT2D eigenvalue weighted by molar-refractivity contribution is 0.0701. The van der Waals surface area contributed by atoms with Gasteiger partial charge < -0.3 is 10.8 Å². The molecule has 0 bridgehead atoms. The van der Waals surface area contributed by atoms with Crippen LogP contribution in [-0.4, -0.2) is 16.1 Å². The van der Waals surface area contributed by atoms with E-state index in [1.54, 1.807) is 0 Å². The molecule has 1 rings (SSSR count). The summed E-state index contributed by atoms with van der Waals surface area (Å²) in [5.74, 6) is -0.903. The summed E-state index contributed by atoms with van der Waals surface area (Å²) >= 11 is 1.20. The van der Waals surface area contributed by atoms with Gasteiger partial charge in [0.2, 0.25) is 0 Å². The van der Waals surface area contributed by atoms with E-state index in [0.29, 0.717) is 17.0 Å². The van der Waals surface area contributed by atoms with Crippen LogP contribution in [0.4, 0.5) is 0 Å². The number of hydrogen-bond acceptors (Lipinski definition) is 4. The second kappa shape index (κ2) is 5.23. The monoisotopic (exact) mass is 228 g/mol. The maximum atomic E-state index is 10.9. The van der Waals surface area contributed by atoms with Crippen LogP contribution in [0.3, 0.4) is 0 Å². The van der Waals surface area contributed by atoms with Gasteiger partial charge in [0.1, 0.15) is 9.88 Å². The molecule has 4 nitrogen and oxygen atoms in total. The molecule has 1 aromatic rings. The van der Waals surface area contributed by atoms with Crippen molar-refractivity contribution in [3.8, 4) is 0 Å². The summed E-state index contributed by atoms with van der Waals surface area (Å²) in [7, 11) is 0. The number of hydrogen-bond donors (Lipinski definition) is 2. The molecule has 0 saturated heterocycles. The fourth-order valence-electron chi connectivity index (χ4n) is 1.37. The first-order valence-corrected chi connectivity index (χ1v) is 5.90. The molecule has 84 valence electrons. The van der Waals surface area contributed by atoms with E-state index in [-0.39, 0.29) is 6.04 Å². The topological polar surface area (TPSA) is 76.2 Å². The Morgan fingerprint density at radius 2 is 2.27 bits per heavy atom. The van der Waals surface area contributed by atoms with E-state index in [4.69, 9.17) is 10.8 Å². The highest BCUT2D eigenvalue weighted by atomic mass is 32.1. The predicted molar refractivity (Wildman–Crippen MR) is 60.3 cm³/mol. The maximum absolute atomic E-state index is 10.9. The Labute approximate surface area is 93.1 Å². The Bertz CT molecular complexity index is 349. The average molecular weight is 228 g/mol. The number of thiazole rings is 1. The van der Waals surface area contributed by atoms with Gasteiger partial charge in [-0.1, -0.05) is 20.3 Å². The standard InChI is InChI=1S/C10H16N2O2S/c1-3-5-6(11)9-12-7(4-2)8(15-9)10(13)14/h6H,3-5,11H2,1-2H3,(H,13,14). The van der Waals surface area contributed by atoms with Crippen LogP contribution >= 0.6 is 11.3 Å². The first-order valence-electron chi connectivity index (χ1n) is 5.08. The Morgan fingerprint density at radius 3 is 2.67 bits per heavy atom.